The first-order chi connectivity index (χ1) is 6.83. The molecule has 0 aromatic rings. The van der Waals surface area contributed by atoms with Crippen molar-refractivity contribution in [2.75, 3.05) is 24.7 Å². The highest BCUT2D eigenvalue weighted by atomic mass is 32.2. The van der Waals surface area contributed by atoms with Gasteiger partial charge in [0.2, 0.25) is 0 Å². The lowest BCUT2D eigenvalue weighted by Crippen LogP contribution is -2.22. The summed E-state index contributed by atoms with van der Waals surface area (Å²) < 4.78 is 10.4. The van der Waals surface area contributed by atoms with Crippen LogP contribution in [0.1, 0.15) is 26.2 Å². The van der Waals surface area contributed by atoms with Crippen molar-refractivity contribution in [3.05, 3.63) is 0 Å². The van der Waals surface area contributed by atoms with Gasteiger partial charge >= 0.3 is 5.97 Å². The topological polar surface area (TPSA) is 35.5 Å². The van der Waals surface area contributed by atoms with E-state index in [9.17, 15) is 4.79 Å². The van der Waals surface area contributed by atoms with Crippen molar-refractivity contribution in [1.29, 1.82) is 0 Å². The molecule has 0 spiro atoms. The highest BCUT2D eigenvalue weighted by Gasteiger charge is 2.14. The zero-order chi connectivity index (χ0) is 10.2. The molecule has 1 rings (SSSR count). The van der Waals surface area contributed by atoms with Crippen LogP contribution in [0, 0.1) is 0 Å². The second-order valence-corrected chi connectivity index (χ2v) is 4.34. The smallest absolute Gasteiger partial charge is 0.315 e. The average molecular weight is 218 g/mol. The summed E-state index contributed by atoms with van der Waals surface area (Å²) in [7, 11) is 0. The highest BCUT2D eigenvalue weighted by Crippen LogP contribution is 2.17. The number of rotatable bonds is 5. The van der Waals surface area contributed by atoms with Crippen molar-refractivity contribution >= 4 is 17.7 Å². The van der Waals surface area contributed by atoms with Crippen molar-refractivity contribution < 1.29 is 14.3 Å². The molecule has 1 aliphatic rings. The normalized spacial score (nSPS) is 21.9. The monoisotopic (exact) mass is 218 g/mol. The van der Waals surface area contributed by atoms with E-state index < -0.39 is 0 Å². The Hall–Kier alpha value is -0.220. The quantitative estimate of drug-likeness (QED) is 0.660. The van der Waals surface area contributed by atoms with Crippen LogP contribution in [0.15, 0.2) is 0 Å². The molecule has 1 heterocycles. The molecule has 4 heteroatoms. The van der Waals surface area contributed by atoms with Gasteiger partial charge in [-0.3, -0.25) is 4.79 Å². The first kappa shape index (κ1) is 11.9. The summed E-state index contributed by atoms with van der Waals surface area (Å²) in [5, 5.41) is 0. The Bertz CT molecular complexity index is 167. The second-order valence-electron chi connectivity index (χ2n) is 3.31. The van der Waals surface area contributed by atoms with E-state index in [2.05, 4.69) is 0 Å². The van der Waals surface area contributed by atoms with Gasteiger partial charge in [-0.25, -0.2) is 0 Å². The van der Waals surface area contributed by atoms with Gasteiger partial charge in [-0.05, 0) is 26.2 Å². The number of hydrogen-bond donors (Lipinski definition) is 0. The molecule has 3 nitrogen and oxygen atoms in total. The first-order valence-electron chi connectivity index (χ1n) is 5.18. The van der Waals surface area contributed by atoms with E-state index in [-0.39, 0.29) is 5.97 Å². The lowest BCUT2D eigenvalue weighted by atomic mass is 10.1. The summed E-state index contributed by atoms with van der Waals surface area (Å²) in [5.41, 5.74) is 0. The molecule has 1 unspecified atom stereocenters. The Morgan fingerprint density at radius 1 is 1.57 bits per heavy atom. The molecule has 0 aromatic heterocycles. The third-order valence-corrected chi connectivity index (χ3v) is 3.15. The van der Waals surface area contributed by atoms with E-state index in [1.54, 1.807) is 11.8 Å². The molecule has 0 N–H and O–H groups in total. The van der Waals surface area contributed by atoms with Gasteiger partial charge in [0.15, 0.2) is 0 Å². The maximum absolute atomic E-state index is 11.0. The number of carbonyl (C=O) groups is 1. The largest absolute Gasteiger partial charge is 0.465 e. The van der Waals surface area contributed by atoms with Crippen LogP contribution < -0.4 is 0 Å². The van der Waals surface area contributed by atoms with Crippen molar-refractivity contribution in [3.63, 3.8) is 0 Å². The molecule has 1 fully saturated rings. The Morgan fingerprint density at radius 2 is 2.43 bits per heavy atom. The van der Waals surface area contributed by atoms with Crippen LogP contribution in [0.25, 0.3) is 0 Å². The van der Waals surface area contributed by atoms with Gasteiger partial charge in [-0.15, -0.1) is 11.8 Å². The van der Waals surface area contributed by atoms with Gasteiger partial charge in [0.05, 0.1) is 18.5 Å². The summed E-state index contributed by atoms with van der Waals surface area (Å²) in [6, 6.07) is 0. The maximum atomic E-state index is 11.0. The van der Waals surface area contributed by atoms with Crippen molar-refractivity contribution in [2.24, 2.45) is 0 Å². The van der Waals surface area contributed by atoms with Crippen LogP contribution in [0.3, 0.4) is 0 Å². The predicted octanol–water partition coefficient (Wildman–Crippen LogP) is 1.85. The number of hydrogen-bond acceptors (Lipinski definition) is 4. The fourth-order valence-electron chi connectivity index (χ4n) is 1.42. The van der Waals surface area contributed by atoms with Crippen molar-refractivity contribution in [2.45, 2.75) is 32.3 Å². The molecule has 0 amide bonds. The predicted molar refractivity (Wildman–Crippen MR) is 57.5 cm³/mol. The number of carbonyl (C=O) groups excluding carboxylic acids is 1. The highest BCUT2D eigenvalue weighted by molar-refractivity contribution is 7.99. The molecule has 0 aromatic carbocycles. The summed E-state index contributed by atoms with van der Waals surface area (Å²) in [5.74, 6) is 1.25. The summed E-state index contributed by atoms with van der Waals surface area (Å²) >= 11 is 1.61. The lowest BCUT2D eigenvalue weighted by molar-refractivity contribution is -0.139. The summed E-state index contributed by atoms with van der Waals surface area (Å²) in [6.07, 6.45) is 3.92. The van der Waals surface area contributed by atoms with Gasteiger partial charge in [-0.2, -0.15) is 0 Å². The maximum Gasteiger partial charge on any atom is 0.315 e. The van der Waals surface area contributed by atoms with E-state index >= 15 is 0 Å². The molecule has 1 atom stereocenters. The van der Waals surface area contributed by atoms with Crippen LogP contribution in [-0.4, -0.2) is 36.8 Å². The molecule has 0 radical (unpaired) electrons. The number of ether oxygens (including phenoxy) is 2. The zero-order valence-corrected chi connectivity index (χ0v) is 9.48. The Balaban J connectivity index is 1.99. The molecule has 1 saturated heterocycles. The minimum atomic E-state index is -0.117. The molecule has 82 valence electrons. The summed E-state index contributed by atoms with van der Waals surface area (Å²) in [6.45, 7) is 3.18. The van der Waals surface area contributed by atoms with Crippen LogP contribution >= 0.6 is 11.8 Å². The molecule has 14 heavy (non-hydrogen) atoms. The fraction of sp³-hybridized carbons (Fsp3) is 0.900. The summed E-state index contributed by atoms with van der Waals surface area (Å²) in [4.78, 5) is 11.0. The lowest BCUT2D eigenvalue weighted by Gasteiger charge is -2.21. The molecular formula is C10H18O3S. The van der Waals surface area contributed by atoms with Crippen LogP contribution in [0.4, 0.5) is 0 Å². The van der Waals surface area contributed by atoms with E-state index in [1.807, 2.05) is 6.92 Å². The minimum absolute atomic E-state index is 0.117. The standard InChI is InChI=1S/C10H18O3S/c1-2-12-10(11)8-14-7-9-5-3-4-6-13-9/h9H,2-8H2,1H3. The van der Waals surface area contributed by atoms with E-state index in [1.165, 1.54) is 12.8 Å². The van der Waals surface area contributed by atoms with Crippen molar-refractivity contribution in [1.82, 2.24) is 0 Å². The molecule has 0 saturated carbocycles. The van der Waals surface area contributed by atoms with Crippen molar-refractivity contribution in [3.8, 4) is 0 Å². The molecular weight excluding hydrogens is 200 g/mol. The third kappa shape index (κ3) is 4.86. The zero-order valence-electron chi connectivity index (χ0n) is 8.66. The van der Waals surface area contributed by atoms with Gasteiger partial charge in [-0.1, -0.05) is 0 Å². The Labute approximate surface area is 89.5 Å². The van der Waals surface area contributed by atoms with Gasteiger partial charge in [0, 0.05) is 12.4 Å². The SMILES string of the molecule is CCOC(=O)CSCC1CCCCO1. The Kier molecular flexibility index (Phi) is 6.03. The van der Waals surface area contributed by atoms with Gasteiger partial charge < -0.3 is 9.47 Å². The van der Waals surface area contributed by atoms with Crippen LogP contribution in [-0.2, 0) is 14.3 Å². The van der Waals surface area contributed by atoms with Gasteiger partial charge in [0.25, 0.3) is 0 Å². The molecule has 0 aliphatic carbocycles. The van der Waals surface area contributed by atoms with Gasteiger partial charge in [0.1, 0.15) is 0 Å². The Morgan fingerprint density at radius 3 is 3.07 bits per heavy atom. The fourth-order valence-corrected chi connectivity index (χ4v) is 2.31. The second kappa shape index (κ2) is 7.12. The van der Waals surface area contributed by atoms with Crippen LogP contribution in [0.5, 0.6) is 0 Å². The van der Waals surface area contributed by atoms with E-state index in [0.717, 1.165) is 18.8 Å². The number of thioether (sulfide) groups is 1. The first-order valence-corrected chi connectivity index (χ1v) is 6.33. The van der Waals surface area contributed by atoms with E-state index in [4.69, 9.17) is 9.47 Å². The third-order valence-electron chi connectivity index (χ3n) is 2.10. The average Bonchev–Trinajstić information content (AvgIpc) is 2.20. The van der Waals surface area contributed by atoms with E-state index in [0.29, 0.717) is 18.5 Å². The minimum Gasteiger partial charge on any atom is -0.465 e. The molecule has 1 aliphatic heterocycles. The number of esters is 1. The molecule has 0 bridgehead atoms. The van der Waals surface area contributed by atoms with Crippen LogP contribution in [0.2, 0.25) is 0 Å².